The maximum Gasteiger partial charge on any atom is 0.230 e. The van der Waals surface area contributed by atoms with E-state index in [1.165, 1.54) is 22.9 Å². The van der Waals surface area contributed by atoms with E-state index in [1.807, 2.05) is 49.1 Å². The number of rotatable bonds is 10. The number of amides is 1. The van der Waals surface area contributed by atoms with Crippen LogP contribution in [0.5, 0.6) is 5.75 Å². The van der Waals surface area contributed by atoms with Crippen LogP contribution in [0.2, 0.25) is 0 Å². The van der Waals surface area contributed by atoms with Crippen LogP contribution in [-0.4, -0.2) is 53.4 Å². The number of nitrogens with one attached hydrogen (secondary N) is 1. The molecule has 0 aliphatic rings. The molecule has 1 aromatic heterocycles. The van der Waals surface area contributed by atoms with Crippen molar-refractivity contribution in [3.05, 3.63) is 71.5 Å². The molecule has 0 fully saturated rings. The molecule has 0 bridgehead atoms. The highest BCUT2D eigenvalue weighted by atomic mass is 32.2. The lowest BCUT2D eigenvalue weighted by Gasteiger charge is -2.12. The van der Waals surface area contributed by atoms with E-state index in [2.05, 4.69) is 47.2 Å². The summed E-state index contributed by atoms with van der Waals surface area (Å²) in [6.45, 7) is 6.16. The number of aromatic nitrogens is 2. The number of aryl methyl sites for hydroxylation is 2. The smallest absolute Gasteiger partial charge is 0.230 e. The van der Waals surface area contributed by atoms with E-state index < -0.39 is 0 Å². The molecule has 1 amide bonds. The first-order valence-corrected chi connectivity index (χ1v) is 11.3. The van der Waals surface area contributed by atoms with Crippen LogP contribution in [0, 0.1) is 13.8 Å². The number of carbonyl (C=O) groups is 1. The molecule has 0 unspecified atom stereocenters. The Hall–Kier alpha value is -2.77. The topological polar surface area (TPSA) is 59.4 Å². The molecule has 2 aromatic carbocycles. The molecular formula is C24H30N4O2S. The van der Waals surface area contributed by atoms with E-state index in [-0.39, 0.29) is 5.91 Å². The molecule has 3 aromatic rings. The van der Waals surface area contributed by atoms with Crippen molar-refractivity contribution in [3.8, 4) is 11.4 Å². The first-order valence-electron chi connectivity index (χ1n) is 10.3. The van der Waals surface area contributed by atoms with Crippen molar-refractivity contribution in [2.24, 2.45) is 0 Å². The van der Waals surface area contributed by atoms with Crippen molar-refractivity contribution in [2.75, 3.05) is 33.0 Å². The SMILES string of the molecule is Cc1ccc(C)c(-n2ccnc2SCC(=O)NCc2ccc(OCCN(C)C)cc2)c1. The van der Waals surface area contributed by atoms with Crippen LogP contribution < -0.4 is 10.1 Å². The number of hydrogen-bond donors (Lipinski definition) is 1. The number of hydrogen-bond acceptors (Lipinski definition) is 5. The van der Waals surface area contributed by atoms with Gasteiger partial charge in [0.2, 0.25) is 5.91 Å². The first kappa shape index (κ1) is 22.9. The summed E-state index contributed by atoms with van der Waals surface area (Å²) in [5, 5.41) is 3.78. The number of thioether (sulfide) groups is 1. The summed E-state index contributed by atoms with van der Waals surface area (Å²) < 4.78 is 7.74. The molecule has 7 heteroatoms. The Kier molecular flexibility index (Phi) is 8.14. The van der Waals surface area contributed by atoms with Crippen molar-refractivity contribution in [3.63, 3.8) is 0 Å². The summed E-state index contributed by atoms with van der Waals surface area (Å²) in [5.41, 5.74) is 4.49. The van der Waals surface area contributed by atoms with Gasteiger partial charge in [0.15, 0.2) is 5.16 Å². The standard InChI is InChI=1S/C24H30N4O2S/c1-18-5-6-19(2)22(15-18)28-12-11-25-24(28)31-17-23(29)26-16-20-7-9-21(10-8-20)30-14-13-27(3)4/h5-12,15H,13-14,16-17H2,1-4H3,(H,26,29). The molecule has 0 radical (unpaired) electrons. The van der Waals surface area contributed by atoms with Crippen molar-refractivity contribution < 1.29 is 9.53 Å². The molecule has 0 aliphatic heterocycles. The number of nitrogens with zero attached hydrogens (tertiary/aromatic N) is 3. The van der Waals surface area contributed by atoms with Gasteiger partial charge in [0.05, 0.1) is 11.4 Å². The number of carbonyl (C=O) groups excluding carboxylic acids is 1. The van der Waals surface area contributed by atoms with Crippen LogP contribution in [0.15, 0.2) is 60.0 Å². The molecule has 1 heterocycles. The van der Waals surface area contributed by atoms with Crippen molar-refractivity contribution in [1.29, 1.82) is 0 Å². The van der Waals surface area contributed by atoms with Gasteiger partial charge in [-0.2, -0.15) is 0 Å². The van der Waals surface area contributed by atoms with Gasteiger partial charge in [-0.05, 0) is 62.8 Å². The largest absolute Gasteiger partial charge is 0.492 e. The molecule has 0 atom stereocenters. The Balaban J connectivity index is 1.48. The van der Waals surface area contributed by atoms with E-state index in [0.717, 1.165) is 28.7 Å². The lowest BCUT2D eigenvalue weighted by atomic mass is 10.1. The van der Waals surface area contributed by atoms with E-state index in [9.17, 15) is 4.79 Å². The monoisotopic (exact) mass is 438 g/mol. The van der Waals surface area contributed by atoms with Crippen LogP contribution in [0.1, 0.15) is 16.7 Å². The molecule has 0 spiro atoms. The van der Waals surface area contributed by atoms with Crippen molar-refractivity contribution >= 4 is 17.7 Å². The molecule has 6 nitrogen and oxygen atoms in total. The molecule has 31 heavy (non-hydrogen) atoms. The van der Waals surface area contributed by atoms with Gasteiger partial charge in [-0.25, -0.2) is 4.98 Å². The molecular weight excluding hydrogens is 408 g/mol. The highest BCUT2D eigenvalue weighted by Gasteiger charge is 2.11. The minimum atomic E-state index is -0.0215. The van der Waals surface area contributed by atoms with E-state index in [1.54, 1.807) is 6.20 Å². The summed E-state index contributed by atoms with van der Waals surface area (Å²) in [6.07, 6.45) is 3.70. The fourth-order valence-electron chi connectivity index (χ4n) is 2.99. The van der Waals surface area contributed by atoms with Crippen LogP contribution in [-0.2, 0) is 11.3 Å². The second kappa shape index (κ2) is 11.0. The fourth-order valence-corrected chi connectivity index (χ4v) is 3.79. The lowest BCUT2D eigenvalue weighted by molar-refractivity contribution is -0.118. The molecule has 0 aliphatic carbocycles. The Morgan fingerprint density at radius 3 is 2.68 bits per heavy atom. The summed E-state index contributed by atoms with van der Waals surface area (Å²) >= 11 is 1.44. The molecule has 164 valence electrons. The molecule has 1 N–H and O–H groups in total. The van der Waals surface area contributed by atoms with E-state index >= 15 is 0 Å². The number of imidazole rings is 1. The van der Waals surface area contributed by atoms with Gasteiger partial charge in [0.1, 0.15) is 12.4 Å². The maximum atomic E-state index is 12.4. The maximum absolute atomic E-state index is 12.4. The predicted octanol–water partition coefficient (Wildman–Crippen LogP) is 3.84. The van der Waals surface area contributed by atoms with Crippen LogP contribution in [0.3, 0.4) is 0 Å². The number of benzene rings is 2. The molecule has 3 rings (SSSR count). The third-order valence-corrected chi connectivity index (χ3v) is 5.75. The van der Waals surface area contributed by atoms with E-state index in [4.69, 9.17) is 4.74 Å². The van der Waals surface area contributed by atoms with Gasteiger partial charge in [-0.3, -0.25) is 9.36 Å². The first-order chi connectivity index (χ1) is 14.9. The zero-order valence-electron chi connectivity index (χ0n) is 18.6. The number of ether oxygens (including phenoxy) is 1. The lowest BCUT2D eigenvalue weighted by Crippen LogP contribution is -2.24. The van der Waals surface area contributed by atoms with E-state index in [0.29, 0.717) is 18.9 Å². The third kappa shape index (κ3) is 6.87. The minimum Gasteiger partial charge on any atom is -0.492 e. The van der Waals surface area contributed by atoms with Crippen LogP contribution >= 0.6 is 11.8 Å². The zero-order chi connectivity index (χ0) is 22.2. The van der Waals surface area contributed by atoms with Gasteiger partial charge < -0.3 is 15.0 Å². The number of likely N-dealkylation sites (N-methyl/N-ethyl adjacent to an activating group) is 1. The average molecular weight is 439 g/mol. The minimum absolute atomic E-state index is 0.0215. The normalized spacial score (nSPS) is 11.0. The Morgan fingerprint density at radius 1 is 1.16 bits per heavy atom. The van der Waals surface area contributed by atoms with Gasteiger partial charge in [-0.15, -0.1) is 0 Å². The third-order valence-electron chi connectivity index (χ3n) is 4.78. The Labute approximate surface area is 188 Å². The van der Waals surface area contributed by atoms with Crippen LogP contribution in [0.4, 0.5) is 0 Å². The van der Waals surface area contributed by atoms with Gasteiger partial charge in [0, 0.05) is 25.5 Å². The Bertz CT molecular complexity index is 999. The Morgan fingerprint density at radius 2 is 1.94 bits per heavy atom. The summed E-state index contributed by atoms with van der Waals surface area (Å²) in [4.78, 5) is 18.9. The summed E-state index contributed by atoms with van der Waals surface area (Å²) in [7, 11) is 4.04. The van der Waals surface area contributed by atoms with Crippen molar-refractivity contribution in [2.45, 2.75) is 25.5 Å². The van der Waals surface area contributed by atoms with Gasteiger partial charge in [-0.1, -0.05) is 36.0 Å². The van der Waals surface area contributed by atoms with Crippen molar-refractivity contribution in [1.82, 2.24) is 19.8 Å². The fraction of sp³-hybridized carbons (Fsp3) is 0.333. The van der Waals surface area contributed by atoms with Gasteiger partial charge in [0.25, 0.3) is 0 Å². The zero-order valence-corrected chi connectivity index (χ0v) is 19.4. The highest BCUT2D eigenvalue weighted by Crippen LogP contribution is 2.23. The molecule has 0 saturated carbocycles. The highest BCUT2D eigenvalue weighted by molar-refractivity contribution is 7.99. The van der Waals surface area contributed by atoms with Gasteiger partial charge >= 0.3 is 0 Å². The summed E-state index contributed by atoms with van der Waals surface area (Å²) in [5.74, 6) is 1.13. The quantitative estimate of drug-likeness (QED) is 0.488. The van der Waals surface area contributed by atoms with Crippen LogP contribution in [0.25, 0.3) is 5.69 Å². The predicted molar refractivity (Wildman–Crippen MR) is 126 cm³/mol. The molecule has 0 saturated heterocycles. The summed E-state index contributed by atoms with van der Waals surface area (Å²) in [6, 6.07) is 14.2. The second-order valence-corrected chi connectivity index (χ2v) is 8.67. The average Bonchev–Trinajstić information content (AvgIpc) is 3.21. The second-order valence-electron chi connectivity index (χ2n) is 7.73.